The molecular weight excluding hydrogens is 386 g/mol. The normalized spacial score (nSPS) is 24.6. The molecule has 30 heavy (non-hydrogen) atoms. The number of benzene rings is 1. The average Bonchev–Trinajstić information content (AvgIpc) is 3.00. The highest BCUT2D eigenvalue weighted by atomic mass is 16.7. The first kappa shape index (κ1) is 22.6. The van der Waals surface area contributed by atoms with Crippen molar-refractivity contribution in [3.8, 4) is 0 Å². The standard InChI is InChI=1S/C23H33NO6/c1-23(2,3)30-22(26)24-18(16-17-10-5-4-6-11-17)19(29-21(24)25)12-9-15-28-20-13-7-8-14-27-20/h4-6,10-11,18-20H,7-9,12-16H2,1-3H3/t18-,19-,20?/m0/s1. The van der Waals surface area contributed by atoms with E-state index in [0.29, 0.717) is 25.9 Å². The van der Waals surface area contributed by atoms with Gasteiger partial charge in [-0.1, -0.05) is 30.3 Å². The van der Waals surface area contributed by atoms with Crippen LogP contribution >= 0.6 is 0 Å². The van der Waals surface area contributed by atoms with E-state index in [9.17, 15) is 9.59 Å². The Balaban J connectivity index is 1.62. The molecule has 1 aromatic rings. The lowest BCUT2D eigenvalue weighted by molar-refractivity contribution is -0.163. The Kier molecular flexibility index (Phi) is 7.72. The Labute approximate surface area is 178 Å². The molecule has 0 saturated carbocycles. The first-order valence-corrected chi connectivity index (χ1v) is 10.8. The van der Waals surface area contributed by atoms with Gasteiger partial charge < -0.3 is 18.9 Å². The number of nitrogens with zero attached hydrogens (tertiary/aromatic N) is 1. The van der Waals surface area contributed by atoms with Crippen LogP contribution in [-0.4, -0.2) is 54.3 Å². The molecule has 2 fully saturated rings. The molecule has 0 aromatic heterocycles. The summed E-state index contributed by atoms with van der Waals surface area (Å²) in [4.78, 5) is 26.4. The fourth-order valence-corrected chi connectivity index (χ4v) is 3.76. The van der Waals surface area contributed by atoms with Crippen LogP contribution < -0.4 is 0 Å². The van der Waals surface area contributed by atoms with Crippen LogP contribution in [0.2, 0.25) is 0 Å². The zero-order valence-corrected chi connectivity index (χ0v) is 18.2. The van der Waals surface area contributed by atoms with E-state index in [0.717, 1.165) is 36.3 Å². The van der Waals surface area contributed by atoms with Crippen LogP contribution in [0.25, 0.3) is 0 Å². The summed E-state index contributed by atoms with van der Waals surface area (Å²) in [6, 6.07) is 9.37. The Hall–Kier alpha value is -2.12. The fourth-order valence-electron chi connectivity index (χ4n) is 3.76. The van der Waals surface area contributed by atoms with Crippen molar-refractivity contribution in [3.05, 3.63) is 35.9 Å². The summed E-state index contributed by atoms with van der Waals surface area (Å²) in [6.07, 6.45) is 3.11. The fraction of sp³-hybridized carbons (Fsp3) is 0.652. The summed E-state index contributed by atoms with van der Waals surface area (Å²) < 4.78 is 22.4. The second-order valence-corrected chi connectivity index (χ2v) is 8.84. The second-order valence-electron chi connectivity index (χ2n) is 8.84. The molecule has 0 aliphatic carbocycles. The molecule has 3 rings (SSSR count). The van der Waals surface area contributed by atoms with Crippen LogP contribution in [0.4, 0.5) is 9.59 Å². The molecule has 3 atom stereocenters. The number of hydrogen-bond acceptors (Lipinski definition) is 6. The van der Waals surface area contributed by atoms with E-state index in [1.54, 1.807) is 20.8 Å². The van der Waals surface area contributed by atoms with Crippen molar-refractivity contribution < 1.29 is 28.5 Å². The van der Waals surface area contributed by atoms with Crippen molar-refractivity contribution in [3.63, 3.8) is 0 Å². The molecule has 0 bridgehead atoms. The predicted molar refractivity (Wildman–Crippen MR) is 111 cm³/mol. The van der Waals surface area contributed by atoms with Crippen molar-refractivity contribution in [1.82, 2.24) is 4.90 Å². The second kappa shape index (κ2) is 10.3. The topological polar surface area (TPSA) is 74.3 Å². The molecule has 2 heterocycles. The molecule has 7 nitrogen and oxygen atoms in total. The third-order valence-corrected chi connectivity index (χ3v) is 5.16. The van der Waals surface area contributed by atoms with Crippen LogP contribution in [0.15, 0.2) is 30.3 Å². The van der Waals surface area contributed by atoms with Gasteiger partial charge in [0, 0.05) is 13.2 Å². The molecule has 2 aliphatic heterocycles. The maximum absolute atomic E-state index is 12.7. The highest BCUT2D eigenvalue weighted by molar-refractivity contribution is 5.90. The Morgan fingerprint density at radius 2 is 1.97 bits per heavy atom. The van der Waals surface area contributed by atoms with E-state index in [1.165, 1.54) is 0 Å². The molecule has 2 saturated heterocycles. The van der Waals surface area contributed by atoms with Gasteiger partial charge in [-0.25, -0.2) is 14.5 Å². The van der Waals surface area contributed by atoms with E-state index in [1.807, 2.05) is 30.3 Å². The van der Waals surface area contributed by atoms with Crippen LogP contribution in [0.5, 0.6) is 0 Å². The largest absolute Gasteiger partial charge is 0.443 e. The molecule has 7 heteroatoms. The van der Waals surface area contributed by atoms with Crippen molar-refractivity contribution in [1.29, 1.82) is 0 Å². The number of imide groups is 1. The third-order valence-electron chi connectivity index (χ3n) is 5.16. The van der Waals surface area contributed by atoms with Gasteiger partial charge in [-0.2, -0.15) is 0 Å². The van der Waals surface area contributed by atoms with E-state index in [2.05, 4.69) is 0 Å². The highest BCUT2D eigenvalue weighted by Gasteiger charge is 2.46. The van der Waals surface area contributed by atoms with Gasteiger partial charge in [0.15, 0.2) is 6.29 Å². The zero-order valence-electron chi connectivity index (χ0n) is 18.2. The molecule has 0 radical (unpaired) electrons. The Morgan fingerprint density at radius 3 is 2.63 bits per heavy atom. The zero-order chi connectivity index (χ0) is 21.6. The summed E-state index contributed by atoms with van der Waals surface area (Å²) in [5.74, 6) is 0. The van der Waals surface area contributed by atoms with E-state index in [4.69, 9.17) is 18.9 Å². The number of amides is 2. The van der Waals surface area contributed by atoms with Crippen LogP contribution in [0, 0.1) is 0 Å². The van der Waals surface area contributed by atoms with Gasteiger partial charge in [0.1, 0.15) is 11.7 Å². The molecule has 166 valence electrons. The summed E-state index contributed by atoms with van der Waals surface area (Å²) in [5.41, 5.74) is 0.340. The minimum Gasteiger partial charge on any atom is -0.443 e. The van der Waals surface area contributed by atoms with Gasteiger partial charge in [0.2, 0.25) is 0 Å². The van der Waals surface area contributed by atoms with E-state index >= 15 is 0 Å². The number of ether oxygens (including phenoxy) is 4. The summed E-state index contributed by atoms with van der Waals surface area (Å²) in [5, 5.41) is 0. The smallest absolute Gasteiger partial charge is 0.420 e. The van der Waals surface area contributed by atoms with Crippen molar-refractivity contribution in [2.75, 3.05) is 13.2 Å². The summed E-state index contributed by atoms with van der Waals surface area (Å²) >= 11 is 0. The molecular formula is C23H33NO6. The van der Waals surface area contributed by atoms with Gasteiger partial charge >= 0.3 is 12.2 Å². The van der Waals surface area contributed by atoms with Crippen molar-refractivity contribution >= 4 is 12.2 Å². The van der Waals surface area contributed by atoms with E-state index < -0.39 is 29.9 Å². The molecule has 1 aromatic carbocycles. The minimum absolute atomic E-state index is 0.136. The lowest BCUT2D eigenvalue weighted by Crippen LogP contribution is -2.45. The van der Waals surface area contributed by atoms with Gasteiger partial charge in [-0.3, -0.25) is 0 Å². The molecule has 1 unspecified atom stereocenters. The van der Waals surface area contributed by atoms with Gasteiger partial charge in [-0.15, -0.1) is 0 Å². The van der Waals surface area contributed by atoms with Gasteiger partial charge in [0.05, 0.1) is 6.04 Å². The molecule has 2 amide bonds. The number of carbonyl (C=O) groups excluding carboxylic acids is 2. The lowest BCUT2D eigenvalue weighted by atomic mass is 9.98. The maximum Gasteiger partial charge on any atom is 0.420 e. The number of rotatable bonds is 7. The molecule has 2 aliphatic rings. The third kappa shape index (κ3) is 6.44. The SMILES string of the molecule is CC(C)(C)OC(=O)N1C(=O)O[C@@H](CCCOC2CCCCO2)[C@@H]1Cc1ccccc1. The highest BCUT2D eigenvalue weighted by Crippen LogP contribution is 2.28. The number of carbonyl (C=O) groups is 2. The number of cyclic esters (lactones) is 1. The summed E-state index contributed by atoms with van der Waals surface area (Å²) in [6.45, 7) is 6.61. The monoisotopic (exact) mass is 419 g/mol. The summed E-state index contributed by atoms with van der Waals surface area (Å²) in [7, 11) is 0. The quantitative estimate of drug-likeness (QED) is 0.598. The lowest BCUT2D eigenvalue weighted by Gasteiger charge is -2.27. The maximum atomic E-state index is 12.7. The van der Waals surface area contributed by atoms with Crippen LogP contribution in [0.1, 0.15) is 58.4 Å². The first-order valence-electron chi connectivity index (χ1n) is 10.8. The van der Waals surface area contributed by atoms with Crippen molar-refractivity contribution in [2.24, 2.45) is 0 Å². The van der Waals surface area contributed by atoms with Crippen LogP contribution in [-0.2, 0) is 25.4 Å². The molecule has 0 N–H and O–H groups in total. The van der Waals surface area contributed by atoms with Crippen molar-refractivity contribution in [2.45, 2.75) is 83.3 Å². The Bertz CT molecular complexity index is 695. The molecule has 0 spiro atoms. The Morgan fingerprint density at radius 1 is 1.20 bits per heavy atom. The van der Waals surface area contributed by atoms with Crippen LogP contribution in [0.3, 0.4) is 0 Å². The minimum atomic E-state index is -0.694. The van der Waals surface area contributed by atoms with E-state index in [-0.39, 0.29) is 6.29 Å². The number of hydrogen-bond donors (Lipinski definition) is 0. The first-order chi connectivity index (χ1) is 14.3. The van der Waals surface area contributed by atoms with Gasteiger partial charge in [-0.05, 0) is 64.9 Å². The average molecular weight is 420 g/mol. The predicted octanol–water partition coefficient (Wildman–Crippen LogP) is 4.68. The van der Waals surface area contributed by atoms with Gasteiger partial charge in [0.25, 0.3) is 0 Å².